The molecule has 0 atom stereocenters. The molecule has 0 aliphatic carbocycles. The highest BCUT2D eigenvalue weighted by atomic mass is 32.2. The van der Waals surface area contributed by atoms with Gasteiger partial charge in [0.1, 0.15) is 6.54 Å². The van der Waals surface area contributed by atoms with Crippen molar-refractivity contribution in [3.8, 4) is 0 Å². The Morgan fingerprint density at radius 1 is 1.03 bits per heavy atom. The highest BCUT2D eigenvalue weighted by molar-refractivity contribution is 7.92. The van der Waals surface area contributed by atoms with Gasteiger partial charge in [0.05, 0.1) is 16.8 Å². The lowest BCUT2D eigenvalue weighted by Gasteiger charge is -2.25. The van der Waals surface area contributed by atoms with Crippen LogP contribution in [-0.4, -0.2) is 60.5 Å². The van der Waals surface area contributed by atoms with Crippen molar-refractivity contribution in [1.82, 2.24) is 4.31 Å². The molecule has 1 aliphatic rings. The quantitative estimate of drug-likeness (QED) is 0.665. The van der Waals surface area contributed by atoms with Crippen LogP contribution in [0, 0.1) is 6.92 Å². The molecule has 10 heteroatoms. The van der Waals surface area contributed by atoms with Gasteiger partial charge >= 0.3 is 0 Å². The van der Waals surface area contributed by atoms with E-state index in [1.54, 1.807) is 36.4 Å². The number of rotatable bonds is 6. The molecule has 0 unspecified atom stereocenters. The van der Waals surface area contributed by atoms with E-state index in [1.165, 1.54) is 25.1 Å². The average Bonchev–Trinajstić information content (AvgIpc) is 3.09. The normalized spacial score (nSPS) is 14.1. The monoisotopic (exact) mass is 451 g/mol. The third-order valence-corrected chi connectivity index (χ3v) is 7.98. The maximum Gasteiger partial charge on any atom is 0.247 e. The summed E-state index contributed by atoms with van der Waals surface area (Å²) < 4.78 is 51.6. The summed E-state index contributed by atoms with van der Waals surface area (Å²) in [6.07, 6.45) is 1.57. The second kappa shape index (κ2) is 8.01. The Morgan fingerprint density at radius 3 is 2.23 bits per heavy atom. The van der Waals surface area contributed by atoms with E-state index in [2.05, 4.69) is 0 Å². The van der Waals surface area contributed by atoms with E-state index in [0.29, 0.717) is 24.3 Å². The number of aryl methyl sites for hydroxylation is 1. The van der Waals surface area contributed by atoms with Crippen LogP contribution in [0.5, 0.6) is 0 Å². The summed E-state index contributed by atoms with van der Waals surface area (Å²) >= 11 is 0. The number of carbonyl (C=O) groups excluding carboxylic acids is 1. The van der Waals surface area contributed by atoms with Gasteiger partial charge in [-0.2, -0.15) is 0 Å². The highest BCUT2D eigenvalue weighted by Gasteiger charge is 2.30. The summed E-state index contributed by atoms with van der Waals surface area (Å²) in [5.74, 6) is -0.372. The zero-order chi connectivity index (χ0) is 22.3. The lowest BCUT2D eigenvalue weighted by molar-refractivity contribution is -0.117. The van der Waals surface area contributed by atoms with Crippen LogP contribution >= 0.6 is 0 Å². The van der Waals surface area contributed by atoms with Crippen molar-refractivity contribution >= 4 is 37.3 Å². The number of anilines is 2. The SMILES string of the molecule is Cc1ccc(N(CC(=O)N2CCc3cc(S(=O)(=O)N(C)C)ccc32)S(C)(=O)=O)cc1. The molecule has 0 saturated carbocycles. The fraction of sp³-hybridized carbons (Fsp3) is 0.350. The van der Waals surface area contributed by atoms with Crippen molar-refractivity contribution in [2.24, 2.45) is 0 Å². The van der Waals surface area contributed by atoms with E-state index in [9.17, 15) is 21.6 Å². The summed E-state index contributed by atoms with van der Waals surface area (Å²) in [6, 6.07) is 11.6. The molecule has 0 fully saturated rings. The van der Waals surface area contributed by atoms with Crippen molar-refractivity contribution < 1.29 is 21.6 Å². The van der Waals surface area contributed by atoms with Crippen LogP contribution < -0.4 is 9.21 Å². The van der Waals surface area contributed by atoms with E-state index in [1.807, 2.05) is 6.92 Å². The van der Waals surface area contributed by atoms with Crippen molar-refractivity contribution in [1.29, 1.82) is 0 Å². The lowest BCUT2D eigenvalue weighted by atomic mass is 10.2. The van der Waals surface area contributed by atoms with E-state index in [0.717, 1.165) is 26.0 Å². The molecule has 1 amide bonds. The Morgan fingerprint density at radius 2 is 1.67 bits per heavy atom. The van der Waals surface area contributed by atoms with Crippen molar-refractivity contribution in [3.63, 3.8) is 0 Å². The minimum atomic E-state index is -3.67. The van der Waals surface area contributed by atoms with Gasteiger partial charge in [-0.1, -0.05) is 17.7 Å². The van der Waals surface area contributed by atoms with Gasteiger partial charge in [0, 0.05) is 26.3 Å². The first-order chi connectivity index (χ1) is 13.9. The molecule has 30 heavy (non-hydrogen) atoms. The predicted molar refractivity (Wildman–Crippen MR) is 117 cm³/mol. The van der Waals surface area contributed by atoms with Crippen LogP contribution in [0.2, 0.25) is 0 Å². The molecule has 0 radical (unpaired) electrons. The van der Waals surface area contributed by atoms with E-state index < -0.39 is 20.0 Å². The zero-order valence-electron chi connectivity index (χ0n) is 17.4. The Balaban J connectivity index is 1.88. The molecular formula is C20H25N3O5S2. The number of sulfonamides is 2. The Bertz CT molecular complexity index is 1170. The Kier molecular flexibility index (Phi) is 5.94. The number of hydrogen-bond donors (Lipinski definition) is 0. The second-order valence-corrected chi connectivity index (χ2v) is 11.5. The van der Waals surface area contributed by atoms with Crippen LogP contribution in [0.1, 0.15) is 11.1 Å². The molecule has 0 aromatic heterocycles. The smallest absolute Gasteiger partial charge is 0.247 e. The zero-order valence-corrected chi connectivity index (χ0v) is 19.0. The van der Waals surface area contributed by atoms with Crippen LogP contribution in [0.3, 0.4) is 0 Å². The van der Waals surface area contributed by atoms with E-state index in [4.69, 9.17) is 0 Å². The number of carbonyl (C=O) groups is 1. The lowest BCUT2D eigenvalue weighted by Crippen LogP contribution is -2.42. The first-order valence-corrected chi connectivity index (χ1v) is 12.6. The molecule has 2 aromatic carbocycles. The van der Waals surface area contributed by atoms with Gasteiger partial charge in [-0.05, 0) is 49.2 Å². The Hall–Kier alpha value is -2.43. The third kappa shape index (κ3) is 4.35. The van der Waals surface area contributed by atoms with Gasteiger partial charge in [-0.15, -0.1) is 0 Å². The maximum absolute atomic E-state index is 13.0. The summed E-state index contributed by atoms with van der Waals surface area (Å²) in [6.45, 7) is 1.93. The number of nitrogens with zero attached hydrogens (tertiary/aromatic N) is 3. The molecule has 0 bridgehead atoms. The van der Waals surface area contributed by atoms with E-state index in [-0.39, 0.29) is 17.3 Å². The van der Waals surface area contributed by atoms with Gasteiger partial charge in [-0.25, -0.2) is 21.1 Å². The third-order valence-electron chi connectivity index (χ3n) is 5.03. The first kappa shape index (κ1) is 22.3. The second-order valence-electron chi connectivity index (χ2n) is 7.48. The molecule has 2 aromatic rings. The predicted octanol–water partition coefficient (Wildman–Crippen LogP) is 1.60. The van der Waals surface area contributed by atoms with Gasteiger partial charge in [0.25, 0.3) is 0 Å². The minimum Gasteiger partial charge on any atom is -0.310 e. The van der Waals surface area contributed by atoms with Crippen LogP contribution in [-0.2, 0) is 31.3 Å². The molecule has 162 valence electrons. The van der Waals surface area contributed by atoms with Crippen LogP contribution in [0.4, 0.5) is 11.4 Å². The van der Waals surface area contributed by atoms with Crippen molar-refractivity contribution in [3.05, 3.63) is 53.6 Å². The number of hydrogen-bond acceptors (Lipinski definition) is 5. The van der Waals surface area contributed by atoms with Gasteiger partial charge < -0.3 is 4.90 Å². The van der Waals surface area contributed by atoms with Crippen LogP contribution in [0.15, 0.2) is 47.4 Å². The summed E-state index contributed by atoms with van der Waals surface area (Å²) in [5, 5.41) is 0. The van der Waals surface area contributed by atoms with Gasteiger partial charge in [0.15, 0.2) is 0 Å². The van der Waals surface area contributed by atoms with E-state index >= 15 is 0 Å². The molecule has 3 rings (SSSR count). The molecule has 1 aliphatic heterocycles. The maximum atomic E-state index is 13.0. The molecule has 0 saturated heterocycles. The number of fused-ring (bicyclic) bond motifs is 1. The van der Waals surface area contributed by atoms with Crippen molar-refractivity contribution in [2.45, 2.75) is 18.2 Å². The summed E-state index contributed by atoms with van der Waals surface area (Å²) in [5.41, 5.74) is 2.75. The molecule has 1 heterocycles. The molecule has 0 spiro atoms. The number of benzene rings is 2. The fourth-order valence-corrected chi connectivity index (χ4v) is 5.13. The number of amides is 1. The average molecular weight is 452 g/mol. The topological polar surface area (TPSA) is 95.1 Å². The summed E-state index contributed by atoms with van der Waals surface area (Å²) in [7, 11) is -4.32. The van der Waals surface area contributed by atoms with Gasteiger partial charge in [0.2, 0.25) is 26.0 Å². The standard InChI is InChI=1S/C20H25N3O5S2/c1-15-5-7-17(8-6-15)23(29(4,25)26)14-20(24)22-12-11-16-13-18(9-10-19(16)22)30(27,28)21(2)3/h5-10,13H,11-12,14H2,1-4H3. The largest absolute Gasteiger partial charge is 0.310 e. The molecule has 0 N–H and O–H groups in total. The minimum absolute atomic E-state index is 0.165. The summed E-state index contributed by atoms with van der Waals surface area (Å²) in [4.78, 5) is 14.7. The van der Waals surface area contributed by atoms with Gasteiger partial charge in [-0.3, -0.25) is 9.10 Å². The molecular weight excluding hydrogens is 426 g/mol. The van der Waals surface area contributed by atoms with Crippen LogP contribution in [0.25, 0.3) is 0 Å². The first-order valence-electron chi connectivity index (χ1n) is 9.31. The highest BCUT2D eigenvalue weighted by Crippen LogP contribution is 2.31. The fourth-order valence-electron chi connectivity index (χ4n) is 3.33. The van der Waals surface area contributed by atoms with Crippen molar-refractivity contribution in [2.75, 3.05) is 42.6 Å². The Labute approximate surface area is 177 Å². The molecule has 8 nitrogen and oxygen atoms in total.